The Hall–Kier alpha value is -1.17. The van der Waals surface area contributed by atoms with Crippen molar-refractivity contribution < 1.29 is 10.2 Å². The normalized spacial score (nSPS) is 17.4. The number of anilines is 1. The number of rotatable bonds is 4. The Morgan fingerprint density at radius 3 is 2.59 bits per heavy atom. The van der Waals surface area contributed by atoms with Crippen LogP contribution >= 0.6 is 0 Å². The van der Waals surface area contributed by atoms with Gasteiger partial charge in [-0.05, 0) is 6.07 Å². The molecule has 5 nitrogen and oxygen atoms in total. The van der Waals surface area contributed by atoms with Crippen molar-refractivity contribution in [1.82, 2.24) is 9.88 Å². The molecule has 0 unspecified atom stereocenters. The molecule has 2 rings (SSSR count). The van der Waals surface area contributed by atoms with E-state index in [1.807, 2.05) is 12.3 Å². The summed E-state index contributed by atoms with van der Waals surface area (Å²) < 4.78 is 0. The minimum absolute atomic E-state index is 0.0503. The zero-order valence-electron chi connectivity index (χ0n) is 9.92. The molecule has 0 saturated carbocycles. The van der Waals surface area contributed by atoms with E-state index in [1.54, 1.807) is 6.20 Å². The summed E-state index contributed by atoms with van der Waals surface area (Å²) in [5.41, 5.74) is 1.95. The number of β-amino-alcohol motifs (C(OH)–C–C–N with tert-alkyl or cyclic N) is 1. The molecule has 0 spiro atoms. The summed E-state index contributed by atoms with van der Waals surface area (Å²) in [4.78, 5) is 8.60. The molecule has 1 saturated heterocycles. The van der Waals surface area contributed by atoms with Gasteiger partial charge in [0.2, 0.25) is 0 Å². The molecule has 1 aromatic heterocycles. The van der Waals surface area contributed by atoms with Crippen LogP contribution in [0.25, 0.3) is 0 Å². The van der Waals surface area contributed by atoms with Crippen LogP contribution in [0.1, 0.15) is 5.56 Å². The van der Waals surface area contributed by atoms with Crippen molar-refractivity contribution in [2.45, 2.75) is 6.61 Å². The molecular weight excluding hydrogens is 218 g/mol. The third-order valence-electron chi connectivity index (χ3n) is 3.19. The van der Waals surface area contributed by atoms with Gasteiger partial charge in [0, 0.05) is 44.5 Å². The van der Waals surface area contributed by atoms with E-state index >= 15 is 0 Å². The molecular formula is C12H19N3O2. The van der Waals surface area contributed by atoms with Crippen LogP contribution in [0.3, 0.4) is 0 Å². The van der Waals surface area contributed by atoms with Gasteiger partial charge in [-0.1, -0.05) is 0 Å². The Labute approximate surface area is 101 Å². The van der Waals surface area contributed by atoms with Crippen molar-refractivity contribution in [3.8, 4) is 0 Å². The monoisotopic (exact) mass is 237 g/mol. The zero-order valence-corrected chi connectivity index (χ0v) is 9.92. The first-order valence-electron chi connectivity index (χ1n) is 5.97. The largest absolute Gasteiger partial charge is 0.395 e. The fourth-order valence-corrected chi connectivity index (χ4v) is 2.19. The summed E-state index contributed by atoms with van der Waals surface area (Å²) in [6, 6.07) is 1.86. The average Bonchev–Trinajstić information content (AvgIpc) is 2.40. The maximum atomic E-state index is 9.29. The van der Waals surface area contributed by atoms with E-state index in [2.05, 4.69) is 14.8 Å². The summed E-state index contributed by atoms with van der Waals surface area (Å²) in [6.07, 6.45) is 3.52. The average molecular weight is 237 g/mol. The summed E-state index contributed by atoms with van der Waals surface area (Å²) >= 11 is 0. The van der Waals surface area contributed by atoms with Gasteiger partial charge in [0.05, 0.1) is 25.1 Å². The number of hydrogen-bond acceptors (Lipinski definition) is 5. The maximum Gasteiger partial charge on any atom is 0.0703 e. The van der Waals surface area contributed by atoms with Crippen LogP contribution in [0.5, 0.6) is 0 Å². The number of pyridine rings is 1. The number of nitrogens with zero attached hydrogens (tertiary/aromatic N) is 3. The lowest BCUT2D eigenvalue weighted by Crippen LogP contribution is -2.47. The molecule has 0 radical (unpaired) electrons. The van der Waals surface area contributed by atoms with E-state index in [-0.39, 0.29) is 13.2 Å². The summed E-state index contributed by atoms with van der Waals surface area (Å²) in [6.45, 7) is 4.73. The second-order valence-electron chi connectivity index (χ2n) is 4.21. The fraction of sp³-hybridized carbons (Fsp3) is 0.583. The minimum Gasteiger partial charge on any atom is -0.395 e. The van der Waals surface area contributed by atoms with E-state index in [0.717, 1.165) is 44.0 Å². The van der Waals surface area contributed by atoms with Gasteiger partial charge >= 0.3 is 0 Å². The van der Waals surface area contributed by atoms with Crippen LogP contribution in [0, 0.1) is 0 Å². The minimum atomic E-state index is 0.0503. The van der Waals surface area contributed by atoms with Crippen LogP contribution in [0.15, 0.2) is 18.5 Å². The molecule has 94 valence electrons. The van der Waals surface area contributed by atoms with E-state index in [1.165, 1.54) is 0 Å². The topological polar surface area (TPSA) is 59.8 Å². The molecule has 2 N–H and O–H groups in total. The standard InChI is InChI=1S/C12H19N3O2/c16-8-7-14-3-5-15(6-4-14)12-9-13-2-1-11(12)10-17/h1-2,9,16-17H,3-8,10H2. The van der Waals surface area contributed by atoms with Gasteiger partial charge in [0.1, 0.15) is 0 Å². The highest BCUT2D eigenvalue weighted by atomic mass is 16.3. The van der Waals surface area contributed by atoms with Gasteiger partial charge in [0.25, 0.3) is 0 Å². The third-order valence-corrected chi connectivity index (χ3v) is 3.19. The van der Waals surface area contributed by atoms with E-state index < -0.39 is 0 Å². The van der Waals surface area contributed by atoms with Gasteiger partial charge in [-0.15, -0.1) is 0 Å². The molecule has 0 amide bonds. The summed E-state index contributed by atoms with van der Waals surface area (Å²) in [5.74, 6) is 0. The second kappa shape index (κ2) is 5.95. The van der Waals surface area contributed by atoms with Gasteiger partial charge in [-0.25, -0.2) is 0 Å². The van der Waals surface area contributed by atoms with Gasteiger partial charge < -0.3 is 15.1 Å². The Balaban J connectivity index is 2.00. The molecule has 17 heavy (non-hydrogen) atoms. The van der Waals surface area contributed by atoms with Crippen LogP contribution in [-0.4, -0.2) is 59.4 Å². The highest BCUT2D eigenvalue weighted by Gasteiger charge is 2.18. The van der Waals surface area contributed by atoms with Crippen LogP contribution in [0.2, 0.25) is 0 Å². The molecule has 0 atom stereocenters. The first-order valence-corrected chi connectivity index (χ1v) is 5.97. The van der Waals surface area contributed by atoms with E-state index in [0.29, 0.717) is 0 Å². The molecule has 0 aromatic carbocycles. The number of hydrogen-bond donors (Lipinski definition) is 2. The summed E-state index contributed by atoms with van der Waals surface area (Å²) in [5, 5.41) is 18.2. The predicted octanol–water partition coefficient (Wildman–Crippen LogP) is -0.312. The SMILES string of the molecule is OCCN1CCN(c2cnccc2CO)CC1. The number of aliphatic hydroxyl groups excluding tert-OH is 2. The lowest BCUT2D eigenvalue weighted by atomic mass is 10.2. The Morgan fingerprint density at radius 1 is 1.18 bits per heavy atom. The predicted molar refractivity (Wildman–Crippen MR) is 65.9 cm³/mol. The molecule has 5 heteroatoms. The van der Waals surface area contributed by atoms with E-state index in [4.69, 9.17) is 5.11 Å². The van der Waals surface area contributed by atoms with Gasteiger partial charge in [-0.3, -0.25) is 9.88 Å². The lowest BCUT2D eigenvalue weighted by molar-refractivity contribution is 0.188. The fourth-order valence-electron chi connectivity index (χ4n) is 2.19. The molecule has 1 fully saturated rings. The number of aliphatic hydroxyl groups is 2. The van der Waals surface area contributed by atoms with Crippen molar-refractivity contribution >= 4 is 5.69 Å². The van der Waals surface area contributed by atoms with Crippen LogP contribution in [-0.2, 0) is 6.61 Å². The van der Waals surface area contributed by atoms with Gasteiger partial charge in [-0.2, -0.15) is 0 Å². The molecule has 1 aliphatic heterocycles. The van der Waals surface area contributed by atoms with Gasteiger partial charge in [0.15, 0.2) is 0 Å². The van der Waals surface area contributed by atoms with Crippen molar-refractivity contribution in [1.29, 1.82) is 0 Å². The molecule has 0 bridgehead atoms. The van der Waals surface area contributed by atoms with Crippen molar-refractivity contribution in [2.24, 2.45) is 0 Å². The first kappa shape index (κ1) is 12.3. The second-order valence-corrected chi connectivity index (χ2v) is 4.21. The van der Waals surface area contributed by atoms with Crippen LogP contribution in [0.4, 0.5) is 5.69 Å². The van der Waals surface area contributed by atoms with Crippen LogP contribution < -0.4 is 4.90 Å². The molecule has 1 aliphatic rings. The third kappa shape index (κ3) is 2.94. The highest BCUT2D eigenvalue weighted by molar-refractivity contribution is 5.51. The Morgan fingerprint density at radius 2 is 1.94 bits per heavy atom. The molecule has 1 aromatic rings. The van der Waals surface area contributed by atoms with E-state index in [9.17, 15) is 5.11 Å². The Bertz CT molecular complexity index is 351. The zero-order chi connectivity index (χ0) is 12.1. The summed E-state index contributed by atoms with van der Waals surface area (Å²) in [7, 11) is 0. The lowest BCUT2D eigenvalue weighted by Gasteiger charge is -2.36. The smallest absolute Gasteiger partial charge is 0.0703 e. The Kier molecular flexibility index (Phi) is 4.30. The molecule has 0 aliphatic carbocycles. The van der Waals surface area contributed by atoms with Crippen molar-refractivity contribution in [3.05, 3.63) is 24.0 Å². The quantitative estimate of drug-likeness (QED) is 0.752. The number of piperazine rings is 1. The first-order chi connectivity index (χ1) is 8.35. The van der Waals surface area contributed by atoms with Crippen molar-refractivity contribution in [2.75, 3.05) is 44.2 Å². The maximum absolute atomic E-state index is 9.29. The van der Waals surface area contributed by atoms with Crippen molar-refractivity contribution in [3.63, 3.8) is 0 Å². The number of aromatic nitrogens is 1. The molecule has 2 heterocycles. The highest BCUT2D eigenvalue weighted by Crippen LogP contribution is 2.20.